The second kappa shape index (κ2) is 5.94. The van der Waals surface area contributed by atoms with Crippen LogP contribution in [0.5, 0.6) is 0 Å². The molecule has 7 nitrogen and oxygen atoms in total. The Morgan fingerprint density at radius 3 is 2.61 bits per heavy atom. The van der Waals surface area contributed by atoms with Gasteiger partial charge in [-0.1, -0.05) is 0 Å². The molecule has 1 heterocycles. The second-order valence-electron chi connectivity index (χ2n) is 6.49. The zero-order valence-electron chi connectivity index (χ0n) is 13.1. The Bertz CT molecular complexity index is 669. The van der Waals surface area contributed by atoms with Crippen molar-refractivity contribution in [3.63, 3.8) is 0 Å². The van der Waals surface area contributed by atoms with Gasteiger partial charge in [0.05, 0.1) is 16.5 Å². The first-order valence-electron chi connectivity index (χ1n) is 7.15. The zero-order chi connectivity index (χ0) is 17.4. The summed E-state index contributed by atoms with van der Waals surface area (Å²) < 4.78 is 13.7. The number of nitrogens with zero attached hydrogens (tertiary/aromatic N) is 2. The van der Waals surface area contributed by atoms with Crippen LogP contribution in [0.4, 0.5) is 15.8 Å². The van der Waals surface area contributed by atoms with E-state index in [1.165, 1.54) is 0 Å². The van der Waals surface area contributed by atoms with Crippen LogP contribution in [0, 0.1) is 21.8 Å². The van der Waals surface area contributed by atoms with Crippen molar-refractivity contribution in [2.75, 3.05) is 11.9 Å². The van der Waals surface area contributed by atoms with Gasteiger partial charge in [-0.2, -0.15) is 0 Å². The summed E-state index contributed by atoms with van der Waals surface area (Å²) in [5, 5.41) is 13.1. The number of non-ortho nitro benzene ring substituents is 1. The number of anilines is 1. The molecule has 0 unspecified atom stereocenters. The lowest BCUT2D eigenvalue weighted by molar-refractivity contribution is -0.384. The minimum absolute atomic E-state index is 0.0413. The van der Waals surface area contributed by atoms with Crippen LogP contribution in [0.2, 0.25) is 0 Å². The molecule has 124 valence electrons. The number of nitro groups is 1. The number of rotatable bonds is 3. The molecule has 1 atom stereocenters. The van der Waals surface area contributed by atoms with Gasteiger partial charge in [0.2, 0.25) is 11.8 Å². The predicted octanol–water partition coefficient (Wildman–Crippen LogP) is 2.32. The van der Waals surface area contributed by atoms with Crippen LogP contribution in [0.1, 0.15) is 27.2 Å². The molecule has 1 aromatic rings. The van der Waals surface area contributed by atoms with E-state index in [9.17, 15) is 24.1 Å². The molecular weight excluding hydrogens is 305 g/mol. The number of nitrogens with one attached hydrogen (secondary N) is 1. The van der Waals surface area contributed by atoms with Crippen LogP contribution in [-0.4, -0.2) is 33.7 Å². The van der Waals surface area contributed by atoms with Crippen LogP contribution in [0.15, 0.2) is 18.2 Å². The quantitative estimate of drug-likeness (QED) is 0.682. The van der Waals surface area contributed by atoms with Crippen molar-refractivity contribution < 1.29 is 18.9 Å². The molecule has 23 heavy (non-hydrogen) atoms. The largest absolute Gasteiger partial charge is 0.337 e. The lowest BCUT2D eigenvalue weighted by atomic mass is 10.1. The van der Waals surface area contributed by atoms with Crippen molar-refractivity contribution in [3.05, 3.63) is 34.1 Å². The molecule has 2 rings (SSSR count). The van der Waals surface area contributed by atoms with Crippen molar-refractivity contribution in [1.29, 1.82) is 0 Å². The van der Waals surface area contributed by atoms with Gasteiger partial charge in [-0.25, -0.2) is 4.39 Å². The lowest BCUT2D eigenvalue weighted by Crippen LogP contribution is -2.42. The molecule has 1 saturated heterocycles. The van der Waals surface area contributed by atoms with E-state index < -0.39 is 28.1 Å². The number of likely N-dealkylation sites (tertiary alicyclic amines) is 1. The zero-order valence-corrected chi connectivity index (χ0v) is 13.1. The molecule has 0 aromatic heterocycles. The second-order valence-corrected chi connectivity index (χ2v) is 6.49. The first-order valence-corrected chi connectivity index (χ1v) is 7.15. The van der Waals surface area contributed by atoms with Crippen LogP contribution in [0.3, 0.4) is 0 Å². The number of nitro benzene ring substituents is 1. The Hall–Kier alpha value is -2.51. The van der Waals surface area contributed by atoms with Crippen molar-refractivity contribution in [3.8, 4) is 0 Å². The number of hydrogen-bond donors (Lipinski definition) is 1. The van der Waals surface area contributed by atoms with Gasteiger partial charge in [0, 0.05) is 30.6 Å². The van der Waals surface area contributed by atoms with Crippen molar-refractivity contribution >= 4 is 23.2 Å². The van der Waals surface area contributed by atoms with E-state index in [-0.39, 0.29) is 30.2 Å². The third kappa shape index (κ3) is 3.64. The highest BCUT2D eigenvalue weighted by atomic mass is 19.1. The maximum absolute atomic E-state index is 13.7. The first-order chi connectivity index (χ1) is 10.6. The van der Waals surface area contributed by atoms with Crippen LogP contribution in [-0.2, 0) is 9.59 Å². The number of amides is 2. The van der Waals surface area contributed by atoms with E-state index in [4.69, 9.17) is 0 Å². The number of hydrogen-bond acceptors (Lipinski definition) is 4. The average molecular weight is 323 g/mol. The first kappa shape index (κ1) is 16.9. The molecule has 1 N–H and O–H groups in total. The Kier molecular flexibility index (Phi) is 4.35. The number of benzene rings is 1. The van der Waals surface area contributed by atoms with E-state index >= 15 is 0 Å². The smallest absolute Gasteiger partial charge is 0.271 e. The third-order valence-corrected chi connectivity index (χ3v) is 3.72. The predicted molar refractivity (Wildman–Crippen MR) is 81.3 cm³/mol. The minimum Gasteiger partial charge on any atom is -0.337 e. The molecule has 2 amide bonds. The van der Waals surface area contributed by atoms with Crippen LogP contribution >= 0.6 is 0 Å². The fraction of sp³-hybridized carbons (Fsp3) is 0.467. The van der Waals surface area contributed by atoms with E-state index in [1.807, 2.05) is 20.8 Å². The maximum atomic E-state index is 13.7. The minimum atomic E-state index is -0.763. The summed E-state index contributed by atoms with van der Waals surface area (Å²) in [7, 11) is 0. The van der Waals surface area contributed by atoms with Crippen molar-refractivity contribution in [2.45, 2.75) is 32.7 Å². The molecule has 1 fully saturated rings. The highest BCUT2D eigenvalue weighted by Gasteiger charge is 2.39. The van der Waals surface area contributed by atoms with Gasteiger partial charge in [0.25, 0.3) is 5.69 Å². The Morgan fingerprint density at radius 1 is 1.43 bits per heavy atom. The lowest BCUT2D eigenvalue weighted by Gasteiger charge is -2.31. The maximum Gasteiger partial charge on any atom is 0.271 e. The van der Waals surface area contributed by atoms with Gasteiger partial charge in [-0.3, -0.25) is 19.7 Å². The normalized spacial score (nSPS) is 18.2. The van der Waals surface area contributed by atoms with E-state index in [2.05, 4.69) is 5.32 Å². The molecule has 1 aromatic carbocycles. The Morgan fingerprint density at radius 2 is 2.09 bits per heavy atom. The molecule has 0 radical (unpaired) electrons. The van der Waals surface area contributed by atoms with Crippen molar-refractivity contribution in [1.82, 2.24) is 4.90 Å². The monoisotopic (exact) mass is 323 g/mol. The average Bonchev–Trinajstić information content (AvgIpc) is 2.83. The van der Waals surface area contributed by atoms with E-state index in [0.29, 0.717) is 0 Å². The van der Waals surface area contributed by atoms with Gasteiger partial charge in [-0.15, -0.1) is 0 Å². The van der Waals surface area contributed by atoms with Crippen molar-refractivity contribution in [2.24, 2.45) is 5.92 Å². The van der Waals surface area contributed by atoms with E-state index in [0.717, 1.165) is 18.2 Å². The molecular formula is C15H18FN3O4. The summed E-state index contributed by atoms with van der Waals surface area (Å²) in [4.78, 5) is 35.9. The Labute approximate surface area is 132 Å². The summed E-state index contributed by atoms with van der Waals surface area (Å²) >= 11 is 0. The highest BCUT2D eigenvalue weighted by Crippen LogP contribution is 2.28. The van der Waals surface area contributed by atoms with E-state index in [1.54, 1.807) is 4.90 Å². The molecule has 0 aliphatic carbocycles. The standard InChI is InChI=1S/C15H18FN3O4/c1-15(2,3)18-8-9(6-13(18)20)14(21)17-12-7-10(19(22)23)4-5-11(12)16/h4-5,7,9H,6,8H2,1-3H3,(H,17,21)/t9-/m0/s1. The summed E-state index contributed by atoms with van der Waals surface area (Å²) in [6.07, 6.45) is 0.0413. The number of carbonyl (C=O) groups excluding carboxylic acids is 2. The number of halogens is 1. The number of carbonyl (C=O) groups is 2. The van der Waals surface area contributed by atoms with Crippen LogP contribution in [0.25, 0.3) is 0 Å². The fourth-order valence-electron chi connectivity index (χ4n) is 2.49. The van der Waals surface area contributed by atoms with Gasteiger partial charge in [-0.05, 0) is 26.8 Å². The third-order valence-electron chi connectivity index (χ3n) is 3.72. The van der Waals surface area contributed by atoms with Gasteiger partial charge < -0.3 is 10.2 Å². The molecule has 0 saturated carbocycles. The fourth-order valence-corrected chi connectivity index (χ4v) is 2.49. The summed E-state index contributed by atoms with van der Waals surface area (Å²) in [6.45, 7) is 5.84. The molecule has 1 aliphatic heterocycles. The summed E-state index contributed by atoms with van der Waals surface area (Å²) in [5.74, 6) is -2.04. The Balaban J connectivity index is 2.13. The SMILES string of the molecule is CC(C)(C)N1C[C@@H](C(=O)Nc2cc([N+](=O)[O-])ccc2F)CC1=O. The van der Waals surface area contributed by atoms with Gasteiger partial charge >= 0.3 is 0 Å². The van der Waals surface area contributed by atoms with Gasteiger partial charge in [0.15, 0.2) is 0 Å². The molecule has 0 spiro atoms. The highest BCUT2D eigenvalue weighted by molar-refractivity contribution is 5.97. The topological polar surface area (TPSA) is 92.6 Å². The molecule has 8 heteroatoms. The molecule has 1 aliphatic rings. The van der Waals surface area contributed by atoms with Crippen LogP contribution < -0.4 is 5.32 Å². The summed E-state index contributed by atoms with van der Waals surface area (Å²) in [5.41, 5.74) is -0.977. The summed E-state index contributed by atoms with van der Waals surface area (Å²) in [6, 6.07) is 2.91. The molecule has 0 bridgehead atoms. The van der Waals surface area contributed by atoms with Gasteiger partial charge in [0.1, 0.15) is 5.82 Å².